The predicted octanol–water partition coefficient (Wildman–Crippen LogP) is 2.20. The summed E-state index contributed by atoms with van der Waals surface area (Å²) in [6, 6.07) is 13.0. The summed E-state index contributed by atoms with van der Waals surface area (Å²) in [5, 5.41) is 1.44. The highest BCUT2D eigenvalue weighted by Gasteiger charge is 2.39. The maximum absolute atomic E-state index is 12.5. The molecule has 0 atom stereocenters. The maximum atomic E-state index is 12.5. The summed E-state index contributed by atoms with van der Waals surface area (Å²) in [5.74, 6) is -2.43. The van der Waals surface area contributed by atoms with Crippen molar-refractivity contribution in [3.8, 4) is 0 Å². The first kappa shape index (κ1) is 15.8. The minimum absolute atomic E-state index is 0.106. The number of imide groups is 1. The van der Waals surface area contributed by atoms with Crippen LogP contribution in [0.3, 0.4) is 0 Å². The van der Waals surface area contributed by atoms with Crippen LogP contribution in [0.15, 0.2) is 53.3 Å². The number of aromatic amines is 1. The van der Waals surface area contributed by atoms with Crippen LogP contribution >= 0.6 is 0 Å². The normalized spacial score (nSPS) is 13.2. The number of fused-ring (bicyclic) bond motifs is 2. The van der Waals surface area contributed by atoms with Crippen LogP contribution < -0.4 is 5.56 Å². The number of nitrogens with zero attached hydrogens (tertiary/aromatic N) is 1. The van der Waals surface area contributed by atoms with Crippen LogP contribution in [-0.2, 0) is 4.84 Å². The third kappa shape index (κ3) is 2.21. The molecular formula is C19H12N2O5. The number of hydroxylamine groups is 2. The SMILES string of the molecule is Cc1c(C(=O)ON2C(=O)c3ccccc3C2=O)[nH]c(=O)c2ccccc12. The van der Waals surface area contributed by atoms with Crippen molar-refractivity contribution in [3.63, 3.8) is 0 Å². The van der Waals surface area contributed by atoms with Gasteiger partial charge in [0.15, 0.2) is 0 Å². The molecule has 2 heterocycles. The zero-order valence-electron chi connectivity index (χ0n) is 13.6. The highest BCUT2D eigenvalue weighted by molar-refractivity contribution is 6.21. The molecule has 7 heteroatoms. The molecule has 7 nitrogen and oxygen atoms in total. The lowest BCUT2D eigenvalue weighted by molar-refractivity contribution is -0.0589. The molecule has 1 N–H and O–H groups in total. The molecule has 0 unspecified atom stereocenters. The van der Waals surface area contributed by atoms with Gasteiger partial charge in [0.05, 0.1) is 11.1 Å². The molecule has 0 spiro atoms. The highest BCUT2D eigenvalue weighted by Crippen LogP contribution is 2.24. The monoisotopic (exact) mass is 348 g/mol. The second kappa shape index (κ2) is 5.66. The van der Waals surface area contributed by atoms with Gasteiger partial charge in [-0.2, -0.15) is 0 Å². The smallest absolute Gasteiger partial charge is 0.323 e. The van der Waals surface area contributed by atoms with Crippen LogP contribution in [0.4, 0.5) is 0 Å². The van der Waals surface area contributed by atoms with Gasteiger partial charge in [-0.1, -0.05) is 35.4 Å². The van der Waals surface area contributed by atoms with E-state index in [1.165, 1.54) is 12.1 Å². The lowest BCUT2D eigenvalue weighted by Crippen LogP contribution is -2.33. The Morgan fingerprint density at radius 3 is 2.04 bits per heavy atom. The van der Waals surface area contributed by atoms with Crippen molar-refractivity contribution in [1.29, 1.82) is 0 Å². The number of hydrogen-bond acceptors (Lipinski definition) is 5. The zero-order valence-corrected chi connectivity index (χ0v) is 13.6. The van der Waals surface area contributed by atoms with E-state index in [-0.39, 0.29) is 16.8 Å². The number of aryl methyl sites for hydroxylation is 1. The Morgan fingerprint density at radius 1 is 0.885 bits per heavy atom. The van der Waals surface area contributed by atoms with E-state index in [9.17, 15) is 19.2 Å². The van der Waals surface area contributed by atoms with Gasteiger partial charge in [0.1, 0.15) is 5.69 Å². The van der Waals surface area contributed by atoms with Gasteiger partial charge >= 0.3 is 5.97 Å². The summed E-state index contributed by atoms with van der Waals surface area (Å²) in [4.78, 5) is 56.8. The Balaban J connectivity index is 1.71. The number of benzene rings is 2. The first-order valence-electron chi connectivity index (χ1n) is 7.81. The van der Waals surface area contributed by atoms with Gasteiger partial charge in [0.25, 0.3) is 17.4 Å². The van der Waals surface area contributed by atoms with Gasteiger partial charge in [-0.05, 0) is 36.1 Å². The van der Waals surface area contributed by atoms with E-state index >= 15 is 0 Å². The number of rotatable bonds is 2. The van der Waals surface area contributed by atoms with Gasteiger partial charge in [-0.15, -0.1) is 0 Å². The van der Waals surface area contributed by atoms with Crippen LogP contribution in [0.1, 0.15) is 36.8 Å². The Bertz CT molecular complexity index is 1130. The van der Waals surface area contributed by atoms with Crippen LogP contribution in [0.25, 0.3) is 10.8 Å². The quantitative estimate of drug-likeness (QED) is 0.716. The lowest BCUT2D eigenvalue weighted by Gasteiger charge is -2.14. The van der Waals surface area contributed by atoms with Crippen molar-refractivity contribution >= 4 is 28.6 Å². The van der Waals surface area contributed by atoms with Crippen LogP contribution in [0.2, 0.25) is 0 Å². The van der Waals surface area contributed by atoms with E-state index in [0.29, 0.717) is 21.4 Å². The molecule has 2 amide bonds. The molecule has 26 heavy (non-hydrogen) atoms. The fraction of sp³-hybridized carbons (Fsp3) is 0.0526. The van der Waals surface area contributed by atoms with Gasteiger partial charge < -0.3 is 9.82 Å². The molecule has 3 aromatic rings. The first-order chi connectivity index (χ1) is 12.5. The summed E-state index contributed by atoms with van der Waals surface area (Å²) >= 11 is 0. The number of nitrogens with one attached hydrogen (secondary N) is 1. The Labute approximate surface area is 146 Å². The Kier molecular flexibility index (Phi) is 3.43. The number of carbonyl (C=O) groups is 3. The minimum atomic E-state index is -0.986. The molecule has 1 aliphatic heterocycles. The molecule has 0 radical (unpaired) electrons. The first-order valence-corrected chi connectivity index (χ1v) is 7.81. The van der Waals surface area contributed by atoms with Gasteiger partial charge in [0, 0.05) is 5.39 Å². The second-order valence-corrected chi connectivity index (χ2v) is 5.83. The van der Waals surface area contributed by atoms with Crippen LogP contribution in [0, 0.1) is 6.92 Å². The predicted molar refractivity (Wildman–Crippen MR) is 91.7 cm³/mol. The Hall–Kier alpha value is -3.74. The molecule has 0 saturated heterocycles. The van der Waals surface area contributed by atoms with Crippen LogP contribution in [-0.4, -0.2) is 27.8 Å². The summed E-state index contributed by atoms with van der Waals surface area (Å²) in [6.45, 7) is 1.65. The Morgan fingerprint density at radius 2 is 1.42 bits per heavy atom. The number of carbonyl (C=O) groups excluding carboxylic acids is 3. The zero-order chi connectivity index (χ0) is 18.4. The number of hydrogen-bond donors (Lipinski definition) is 1. The molecule has 1 aliphatic rings. The van der Waals surface area contributed by atoms with E-state index in [4.69, 9.17) is 4.84 Å². The molecular weight excluding hydrogens is 336 g/mol. The number of pyridine rings is 1. The van der Waals surface area contributed by atoms with E-state index in [1.807, 2.05) is 0 Å². The fourth-order valence-electron chi connectivity index (χ4n) is 3.00. The maximum Gasteiger partial charge on any atom is 0.380 e. The lowest BCUT2D eigenvalue weighted by atomic mass is 10.1. The molecule has 4 rings (SSSR count). The number of aromatic nitrogens is 1. The average Bonchev–Trinajstić information content (AvgIpc) is 2.90. The summed E-state index contributed by atoms with van der Waals surface area (Å²) in [7, 11) is 0. The van der Waals surface area contributed by atoms with Crippen molar-refractivity contribution in [2.75, 3.05) is 0 Å². The van der Waals surface area contributed by atoms with Crippen molar-refractivity contribution in [3.05, 3.63) is 81.3 Å². The molecule has 1 aromatic heterocycles. The molecule has 0 saturated carbocycles. The molecule has 2 aromatic carbocycles. The van der Waals surface area contributed by atoms with Gasteiger partial charge in [-0.25, -0.2) is 4.79 Å². The number of amides is 2. The largest absolute Gasteiger partial charge is 0.380 e. The molecule has 0 fully saturated rings. The second-order valence-electron chi connectivity index (χ2n) is 5.83. The average molecular weight is 348 g/mol. The third-order valence-electron chi connectivity index (χ3n) is 4.32. The standard InChI is InChI=1S/C19H12N2O5/c1-10-11-6-2-3-7-12(11)16(22)20-15(10)19(25)26-21-17(23)13-8-4-5-9-14(13)18(21)24/h2-9H,1H3,(H,20,22). The third-order valence-corrected chi connectivity index (χ3v) is 4.32. The molecule has 0 aliphatic carbocycles. The molecule has 0 bridgehead atoms. The van der Waals surface area contributed by atoms with Gasteiger partial charge in [-0.3, -0.25) is 14.4 Å². The van der Waals surface area contributed by atoms with Crippen molar-refractivity contribution < 1.29 is 19.2 Å². The topological polar surface area (TPSA) is 96.5 Å². The summed E-state index contributed by atoms with van der Waals surface area (Å²) < 4.78 is 0. The van der Waals surface area contributed by atoms with E-state index in [1.54, 1.807) is 43.3 Å². The van der Waals surface area contributed by atoms with Crippen molar-refractivity contribution in [2.24, 2.45) is 0 Å². The molecule has 128 valence electrons. The summed E-state index contributed by atoms with van der Waals surface area (Å²) in [6.07, 6.45) is 0. The van der Waals surface area contributed by atoms with E-state index < -0.39 is 23.3 Å². The van der Waals surface area contributed by atoms with Crippen molar-refractivity contribution in [2.45, 2.75) is 6.92 Å². The van der Waals surface area contributed by atoms with Crippen LogP contribution in [0.5, 0.6) is 0 Å². The number of H-pyrrole nitrogens is 1. The minimum Gasteiger partial charge on any atom is -0.323 e. The van der Waals surface area contributed by atoms with E-state index in [0.717, 1.165) is 0 Å². The fourth-order valence-corrected chi connectivity index (χ4v) is 3.00. The highest BCUT2D eigenvalue weighted by atomic mass is 16.7. The van der Waals surface area contributed by atoms with E-state index in [2.05, 4.69) is 4.98 Å². The van der Waals surface area contributed by atoms with Crippen molar-refractivity contribution in [1.82, 2.24) is 10.0 Å². The van der Waals surface area contributed by atoms with Gasteiger partial charge in [0.2, 0.25) is 0 Å². The summed E-state index contributed by atoms with van der Waals surface area (Å²) in [5.41, 5.74) is 0.246.